The number of rotatable bonds is 3. The molecule has 2 nitrogen and oxygen atoms in total. The molecule has 1 aromatic rings. The van der Waals surface area contributed by atoms with Crippen LogP contribution in [-0.4, -0.2) is 17.3 Å². The van der Waals surface area contributed by atoms with E-state index in [1.807, 2.05) is 12.1 Å². The van der Waals surface area contributed by atoms with Gasteiger partial charge in [0.2, 0.25) is 0 Å². The fourth-order valence-electron chi connectivity index (χ4n) is 0.655. The number of pyridine rings is 1. The average molecular weight is 185 g/mol. The van der Waals surface area contributed by atoms with E-state index in [9.17, 15) is 0 Å². The highest BCUT2D eigenvalue weighted by Crippen LogP contribution is 2.22. The van der Waals surface area contributed by atoms with Crippen molar-refractivity contribution < 1.29 is 0 Å². The lowest BCUT2D eigenvalue weighted by Gasteiger charge is -1.99. The first-order valence-electron chi connectivity index (χ1n) is 3.29. The Labute approximate surface area is 76.0 Å². The van der Waals surface area contributed by atoms with Crippen molar-refractivity contribution in [3.63, 3.8) is 0 Å². The molecule has 11 heavy (non-hydrogen) atoms. The summed E-state index contributed by atoms with van der Waals surface area (Å²) in [6.07, 6.45) is 1.70. The maximum absolute atomic E-state index is 5.35. The molecule has 0 fully saturated rings. The third kappa shape index (κ3) is 2.65. The van der Waals surface area contributed by atoms with Crippen LogP contribution < -0.4 is 5.73 Å². The van der Waals surface area contributed by atoms with Crippen LogP contribution in [0.3, 0.4) is 0 Å². The summed E-state index contributed by atoms with van der Waals surface area (Å²) >= 11 is 6.65. The van der Waals surface area contributed by atoms with Crippen LogP contribution >= 0.6 is 24.4 Å². The molecule has 0 saturated carbocycles. The van der Waals surface area contributed by atoms with E-state index in [1.54, 1.807) is 18.0 Å². The molecule has 1 aromatic heterocycles. The fraction of sp³-hybridized carbons (Fsp3) is 0.286. The minimum Gasteiger partial charge on any atom is -0.330 e. The summed E-state index contributed by atoms with van der Waals surface area (Å²) in [4.78, 5) is 5.03. The van der Waals surface area contributed by atoms with E-state index in [2.05, 4.69) is 4.98 Å². The lowest BCUT2D eigenvalue weighted by molar-refractivity contribution is 1.04. The standard InChI is InChI=1S/C7H9N2S2/c8-3-5-11-6-2-1-4-9-7(6)10/h1-2,4H,3,5,8H2. The molecular weight excluding hydrogens is 176 g/mol. The highest BCUT2D eigenvalue weighted by Gasteiger charge is 1.98. The van der Waals surface area contributed by atoms with Gasteiger partial charge in [0.15, 0.2) is 0 Å². The lowest BCUT2D eigenvalue weighted by atomic mass is 10.5. The van der Waals surface area contributed by atoms with Gasteiger partial charge in [-0.3, -0.25) is 0 Å². The number of nitrogens with zero attached hydrogens (tertiary/aromatic N) is 1. The van der Waals surface area contributed by atoms with E-state index < -0.39 is 0 Å². The van der Waals surface area contributed by atoms with E-state index in [4.69, 9.17) is 18.4 Å². The molecule has 0 bridgehead atoms. The van der Waals surface area contributed by atoms with Crippen molar-refractivity contribution in [1.82, 2.24) is 4.98 Å². The Morgan fingerprint density at radius 1 is 1.64 bits per heavy atom. The number of nitrogens with two attached hydrogens (primary N) is 1. The summed E-state index contributed by atoms with van der Waals surface area (Å²) in [6, 6.07) is 3.85. The quantitative estimate of drug-likeness (QED) is 0.728. The van der Waals surface area contributed by atoms with Crippen LogP contribution in [-0.2, 0) is 0 Å². The van der Waals surface area contributed by atoms with Crippen molar-refractivity contribution in [2.45, 2.75) is 9.92 Å². The van der Waals surface area contributed by atoms with Crippen LogP contribution in [0.2, 0.25) is 0 Å². The van der Waals surface area contributed by atoms with Crippen LogP contribution in [0.15, 0.2) is 28.3 Å². The van der Waals surface area contributed by atoms with Crippen molar-refractivity contribution in [3.8, 4) is 0 Å². The Hall–Kier alpha value is -0.320. The molecular formula is C7H9N2S2. The molecule has 0 saturated heterocycles. The molecule has 0 aliphatic rings. The normalized spacial score (nSPS) is 9.91. The Morgan fingerprint density at radius 3 is 3.09 bits per heavy atom. The number of hydrogen-bond acceptors (Lipinski definition) is 3. The van der Waals surface area contributed by atoms with E-state index in [0.29, 0.717) is 11.6 Å². The largest absolute Gasteiger partial charge is 0.330 e. The predicted octanol–water partition coefficient (Wildman–Crippen LogP) is 1.69. The van der Waals surface area contributed by atoms with Gasteiger partial charge in [0, 0.05) is 23.4 Å². The van der Waals surface area contributed by atoms with Crippen molar-refractivity contribution in [1.29, 1.82) is 0 Å². The molecule has 0 spiro atoms. The van der Waals surface area contributed by atoms with Gasteiger partial charge in [0.05, 0.1) is 0 Å². The molecule has 2 N–H and O–H groups in total. The summed E-state index contributed by atoms with van der Waals surface area (Å²) in [5, 5.41) is 0.672. The van der Waals surface area contributed by atoms with Gasteiger partial charge in [0.25, 0.3) is 0 Å². The predicted molar refractivity (Wildman–Crippen MR) is 49.9 cm³/mol. The summed E-state index contributed by atoms with van der Waals surface area (Å²) in [5.74, 6) is 0.898. The molecule has 0 atom stereocenters. The van der Waals surface area contributed by atoms with Crippen LogP contribution in [0.4, 0.5) is 0 Å². The molecule has 0 unspecified atom stereocenters. The number of aromatic nitrogens is 1. The zero-order valence-corrected chi connectivity index (χ0v) is 7.62. The summed E-state index contributed by atoms with van der Waals surface area (Å²) in [7, 11) is 0. The minimum absolute atomic E-state index is 0.672. The lowest BCUT2D eigenvalue weighted by Crippen LogP contribution is -2.01. The van der Waals surface area contributed by atoms with E-state index in [-0.39, 0.29) is 0 Å². The highest BCUT2D eigenvalue weighted by molar-refractivity contribution is 7.99. The van der Waals surface area contributed by atoms with Crippen LogP contribution in [0.5, 0.6) is 0 Å². The molecule has 0 aliphatic heterocycles. The number of hydrogen-bond donors (Lipinski definition) is 1. The van der Waals surface area contributed by atoms with Gasteiger partial charge < -0.3 is 5.73 Å². The van der Waals surface area contributed by atoms with Crippen molar-refractivity contribution in [2.24, 2.45) is 5.73 Å². The van der Waals surface area contributed by atoms with Gasteiger partial charge >= 0.3 is 0 Å². The number of thioether (sulfide) groups is 1. The first kappa shape index (κ1) is 8.77. The molecule has 0 amide bonds. The summed E-state index contributed by atoms with van der Waals surface area (Å²) < 4.78 is 0. The first-order valence-corrected chi connectivity index (χ1v) is 4.69. The highest BCUT2D eigenvalue weighted by atomic mass is 32.2. The van der Waals surface area contributed by atoms with Crippen LogP contribution in [0, 0.1) is 0 Å². The first-order chi connectivity index (χ1) is 5.34. The van der Waals surface area contributed by atoms with Gasteiger partial charge in [-0.25, -0.2) is 4.98 Å². The third-order valence-electron chi connectivity index (χ3n) is 1.11. The molecule has 1 heterocycles. The van der Waals surface area contributed by atoms with E-state index >= 15 is 0 Å². The summed E-state index contributed by atoms with van der Waals surface area (Å²) in [5.41, 5.74) is 5.35. The Morgan fingerprint density at radius 2 is 2.45 bits per heavy atom. The maximum Gasteiger partial charge on any atom is 0.139 e. The van der Waals surface area contributed by atoms with Crippen molar-refractivity contribution >= 4 is 24.4 Å². The van der Waals surface area contributed by atoms with E-state index in [0.717, 1.165) is 10.6 Å². The zero-order chi connectivity index (χ0) is 8.10. The topological polar surface area (TPSA) is 38.9 Å². The molecule has 4 heteroatoms. The van der Waals surface area contributed by atoms with Gasteiger partial charge in [-0.2, -0.15) is 0 Å². The SMILES string of the molecule is NCCSc1cccnc1[S]. The molecule has 1 radical (unpaired) electrons. The molecule has 0 aromatic carbocycles. The second kappa shape index (κ2) is 4.54. The molecule has 1 rings (SSSR count). The monoisotopic (exact) mass is 185 g/mol. The average Bonchev–Trinajstić information content (AvgIpc) is 2.03. The van der Waals surface area contributed by atoms with Gasteiger partial charge in [0.1, 0.15) is 5.03 Å². The zero-order valence-electron chi connectivity index (χ0n) is 5.99. The van der Waals surface area contributed by atoms with Crippen molar-refractivity contribution in [3.05, 3.63) is 18.3 Å². The third-order valence-corrected chi connectivity index (χ3v) is 2.65. The molecule has 59 valence electrons. The second-order valence-electron chi connectivity index (χ2n) is 1.94. The second-order valence-corrected chi connectivity index (χ2v) is 3.47. The minimum atomic E-state index is 0.672. The van der Waals surface area contributed by atoms with Crippen LogP contribution in [0.25, 0.3) is 0 Å². The maximum atomic E-state index is 5.35. The van der Waals surface area contributed by atoms with Crippen molar-refractivity contribution in [2.75, 3.05) is 12.3 Å². The molecule has 0 aliphatic carbocycles. The van der Waals surface area contributed by atoms with E-state index in [1.165, 1.54) is 0 Å². The fourth-order valence-corrected chi connectivity index (χ4v) is 1.65. The Bertz CT molecular complexity index is 227. The van der Waals surface area contributed by atoms with Gasteiger partial charge in [-0.05, 0) is 12.1 Å². The Balaban J connectivity index is 2.62. The smallest absolute Gasteiger partial charge is 0.139 e. The van der Waals surface area contributed by atoms with Gasteiger partial charge in [-0.1, -0.05) is 12.6 Å². The Kier molecular flexibility index (Phi) is 3.62. The van der Waals surface area contributed by atoms with Gasteiger partial charge in [-0.15, -0.1) is 11.8 Å². The summed E-state index contributed by atoms with van der Waals surface area (Å²) in [6.45, 7) is 0.675. The van der Waals surface area contributed by atoms with Crippen LogP contribution in [0.1, 0.15) is 0 Å².